The summed E-state index contributed by atoms with van der Waals surface area (Å²) in [5, 5.41) is 1.78. The zero-order chi connectivity index (χ0) is 16.6. The number of nitrogens with zero attached hydrogens (tertiary/aromatic N) is 2. The number of carbonyl (C=O) groups excluding carboxylic acids is 1. The second-order valence-electron chi connectivity index (χ2n) is 5.82. The summed E-state index contributed by atoms with van der Waals surface area (Å²) in [5.74, 6) is -0.339. The van der Waals surface area contributed by atoms with Crippen LogP contribution in [0.15, 0.2) is 30.6 Å². The molecule has 1 aromatic carbocycles. The van der Waals surface area contributed by atoms with Crippen LogP contribution in [-0.2, 0) is 14.6 Å². The highest BCUT2D eigenvalue weighted by Gasteiger charge is 2.37. The van der Waals surface area contributed by atoms with E-state index in [4.69, 9.17) is 0 Å². The summed E-state index contributed by atoms with van der Waals surface area (Å²) in [6.07, 6.45) is 2.71. The van der Waals surface area contributed by atoms with Crippen molar-refractivity contribution in [1.82, 2.24) is 9.55 Å². The Morgan fingerprint density at radius 3 is 2.48 bits per heavy atom. The van der Waals surface area contributed by atoms with Crippen LogP contribution in [-0.4, -0.2) is 34.9 Å². The van der Waals surface area contributed by atoms with Crippen molar-refractivity contribution < 1.29 is 13.2 Å². The molecule has 2 heterocycles. The quantitative estimate of drug-likeness (QED) is 0.931. The van der Waals surface area contributed by atoms with Crippen molar-refractivity contribution in [1.29, 1.82) is 0 Å². The van der Waals surface area contributed by atoms with Gasteiger partial charge in [-0.05, 0) is 51.0 Å². The molecule has 0 bridgehead atoms. The second-order valence-corrected chi connectivity index (χ2v) is 8.12. The molecule has 1 aromatic heterocycles. The lowest BCUT2D eigenvalue weighted by Crippen LogP contribution is -2.31. The number of imidazole rings is 1. The Labute approximate surface area is 135 Å². The lowest BCUT2D eigenvalue weighted by Gasteiger charge is -2.11. The molecule has 0 aliphatic carbocycles. The molecule has 1 saturated heterocycles. The summed E-state index contributed by atoms with van der Waals surface area (Å²) in [6, 6.07) is 7.27. The Balaban J connectivity index is 1.75. The lowest BCUT2D eigenvalue weighted by atomic mass is 10.2. The van der Waals surface area contributed by atoms with Crippen LogP contribution in [0.2, 0.25) is 0 Å². The van der Waals surface area contributed by atoms with Crippen LogP contribution < -0.4 is 5.32 Å². The number of aromatic nitrogens is 2. The van der Waals surface area contributed by atoms with E-state index in [-0.39, 0.29) is 5.75 Å². The monoisotopic (exact) mass is 333 g/mol. The Kier molecular flexibility index (Phi) is 3.97. The van der Waals surface area contributed by atoms with E-state index >= 15 is 0 Å². The number of carbonyl (C=O) groups is 1. The van der Waals surface area contributed by atoms with Gasteiger partial charge in [-0.3, -0.25) is 4.79 Å². The molecule has 1 fully saturated rings. The Morgan fingerprint density at radius 2 is 1.96 bits per heavy atom. The minimum atomic E-state index is -3.28. The first-order chi connectivity index (χ1) is 10.9. The van der Waals surface area contributed by atoms with E-state index in [0.717, 1.165) is 17.1 Å². The van der Waals surface area contributed by atoms with E-state index in [9.17, 15) is 13.2 Å². The average molecular weight is 333 g/mol. The number of nitrogens with one attached hydrogen (secondary N) is 1. The van der Waals surface area contributed by atoms with Crippen LogP contribution in [0.3, 0.4) is 0 Å². The maximum atomic E-state index is 12.1. The average Bonchev–Trinajstić information content (AvgIpc) is 3.03. The van der Waals surface area contributed by atoms with Crippen LogP contribution in [0.25, 0.3) is 5.69 Å². The van der Waals surface area contributed by atoms with Gasteiger partial charge in [0.1, 0.15) is 5.25 Å². The van der Waals surface area contributed by atoms with Crippen LogP contribution in [0.4, 0.5) is 5.69 Å². The van der Waals surface area contributed by atoms with Crippen molar-refractivity contribution in [2.75, 3.05) is 11.1 Å². The van der Waals surface area contributed by atoms with Crippen LogP contribution in [0, 0.1) is 13.8 Å². The van der Waals surface area contributed by atoms with Gasteiger partial charge in [0.05, 0.1) is 17.8 Å². The van der Waals surface area contributed by atoms with Gasteiger partial charge in [-0.25, -0.2) is 13.4 Å². The molecule has 2 aromatic rings. The molecule has 0 spiro atoms. The molecule has 1 aliphatic heterocycles. The summed E-state index contributed by atoms with van der Waals surface area (Å²) in [6.45, 7) is 3.94. The summed E-state index contributed by atoms with van der Waals surface area (Å²) < 4.78 is 25.6. The molecule has 1 amide bonds. The zero-order valence-electron chi connectivity index (χ0n) is 13.1. The Bertz CT molecular complexity index is 838. The summed E-state index contributed by atoms with van der Waals surface area (Å²) in [7, 11) is -3.28. The number of anilines is 1. The van der Waals surface area contributed by atoms with Crippen LogP contribution in [0.5, 0.6) is 0 Å². The Hall–Kier alpha value is -2.15. The topological polar surface area (TPSA) is 81.1 Å². The minimum Gasteiger partial charge on any atom is -0.325 e. The van der Waals surface area contributed by atoms with Crippen molar-refractivity contribution in [3.63, 3.8) is 0 Å². The van der Waals surface area contributed by atoms with E-state index in [1.54, 1.807) is 18.5 Å². The van der Waals surface area contributed by atoms with Crippen molar-refractivity contribution in [3.8, 4) is 5.69 Å². The number of hydrogen-bond donors (Lipinski definition) is 1. The van der Waals surface area contributed by atoms with Gasteiger partial charge >= 0.3 is 0 Å². The molecule has 0 saturated carbocycles. The van der Waals surface area contributed by atoms with Gasteiger partial charge in [0.25, 0.3) is 0 Å². The van der Waals surface area contributed by atoms with Gasteiger partial charge in [-0.1, -0.05) is 0 Å². The summed E-state index contributed by atoms with van der Waals surface area (Å²) in [4.78, 5) is 16.4. The van der Waals surface area contributed by atoms with E-state index in [0.29, 0.717) is 18.5 Å². The number of benzene rings is 1. The number of amides is 1. The largest absolute Gasteiger partial charge is 0.325 e. The lowest BCUT2D eigenvalue weighted by molar-refractivity contribution is -0.115. The van der Waals surface area contributed by atoms with Gasteiger partial charge < -0.3 is 9.88 Å². The minimum absolute atomic E-state index is 0.100. The van der Waals surface area contributed by atoms with E-state index in [1.807, 2.05) is 30.5 Å². The highest BCUT2D eigenvalue weighted by molar-refractivity contribution is 7.93. The fourth-order valence-corrected chi connectivity index (χ4v) is 4.54. The van der Waals surface area contributed by atoms with Crippen molar-refractivity contribution in [2.24, 2.45) is 0 Å². The molecule has 1 N–H and O–H groups in total. The first-order valence-corrected chi connectivity index (χ1v) is 9.23. The molecule has 1 atom stereocenters. The van der Waals surface area contributed by atoms with Gasteiger partial charge in [0.2, 0.25) is 5.91 Å². The molecule has 6 nitrogen and oxygen atoms in total. The predicted molar refractivity (Wildman–Crippen MR) is 88.5 cm³/mol. The third-order valence-electron chi connectivity index (χ3n) is 4.29. The van der Waals surface area contributed by atoms with Crippen molar-refractivity contribution in [3.05, 3.63) is 42.0 Å². The zero-order valence-corrected chi connectivity index (χ0v) is 13.9. The van der Waals surface area contributed by atoms with Gasteiger partial charge in [0.15, 0.2) is 9.84 Å². The van der Waals surface area contributed by atoms with Crippen LogP contribution in [0.1, 0.15) is 24.2 Å². The SMILES string of the molecule is Cc1ncn(-c2ccc(NC(=O)C3CCCS3(=O)=O)cc2)c1C. The number of rotatable bonds is 3. The predicted octanol–water partition coefficient (Wildman–Crippen LogP) is 2.00. The van der Waals surface area contributed by atoms with Crippen molar-refractivity contribution >= 4 is 21.4 Å². The smallest absolute Gasteiger partial charge is 0.242 e. The first kappa shape index (κ1) is 15.7. The molecular formula is C16H19N3O3S. The standard InChI is InChI=1S/C16H19N3O3S/c1-11-12(2)19(10-17-11)14-7-5-13(6-8-14)18-16(20)15-4-3-9-23(15,21)22/h5-8,10,15H,3-4,9H2,1-2H3,(H,18,20). The molecule has 0 radical (unpaired) electrons. The molecular weight excluding hydrogens is 314 g/mol. The third-order valence-corrected chi connectivity index (χ3v) is 6.46. The molecule has 122 valence electrons. The molecule has 23 heavy (non-hydrogen) atoms. The number of hydrogen-bond acceptors (Lipinski definition) is 4. The number of aryl methyl sites for hydroxylation is 1. The highest BCUT2D eigenvalue weighted by atomic mass is 32.2. The molecule has 1 aliphatic rings. The van der Waals surface area contributed by atoms with Gasteiger partial charge in [0, 0.05) is 17.1 Å². The number of sulfone groups is 1. The fraction of sp³-hybridized carbons (Fsp3) is 0.375. The van der Waals surface area contributed by atoms with Crippen molar-refractivity contribution in [2.45, 2.75) is 31.9 Å². The molecule has 1 unspecified atom stereocenters. The Morgan fingerprint density at radius 1 is 1.26 bits per heavy atom. The normalized spacial score (nSPS) is 19.7. The first-order valence-electron chi connectivity index (χ1n) is 7.52. The highest BCUT2D eigenvalue weighted by Crippen LogP contribution is 2.22. The molecule has 3 rings (SSSR count). The molecule has 7 heteroatoms. The third kappa shape index (κ3) is 3.01. The summed E-state index contributed by atoms with van der Waals surface area (Å²) >= 11 is 0. The maximum Gasteiger partial charge on any atom is 0.242 e. The van der Waals surface area contributed by atoms with E-state index in [1.165, 1.54) is 0 Å². The van der Waals surface area contributed by atoms with Gasteiger partial charge in [-0.15, -0.1) is 0 Å². The summed E-state index contributed by atoms with van der Waals surface area (Å²) in [5.41, 5.74) is 3.55. The van der Waals surface area contributed by atoms with Crippen LogP contribution >= 0.6 is 0 Å². The maximum absolute atomic E-state index is 12.1. The van der Waals surface area contributed by atoms with E-state index in [2.05, 4.69) is 10.3 Å². The fourth-order valence-electron chi connectivity index (χ4n) is 2.77. The van der Waals surface area contributed by atoms with Gasteiger partial charge in [-0.2, -0.15) is 0 Å². The van der Waals surface area contributed by atoms with E-state index < -0.39 is 21.0 Å². The second kappa shape index (κ2) is 5.81.